The van der Waals surface area contributed by atoms with E-state index in [9.17, 15) is 0 Å². The van der Waals surface area contributed by atoms with Gasteiger partial charge in [0.15, 0.2) is 5.52 Å². The molecule has 16 heavy (non-hydrogen) atoms. The van der Waals surface area contributed by atoms with Crippen molar-refractivity contribution in [3.05, 3.63) is 36.0 Å². The third kappa shape index (κ3) is 1.15. The molecule has 0 fully saturated rings. The van der Waals surface area contributed by atoms with Crippen molar-refractivity contribution in [2.24, 2.45) is 0 Å². The lowest BCUT2D eigenvalue weighted by molar-refractivity contribution is -0.483. The number of hydrogen-bond acceptors (Lipinski definition) is 3. The molecule has 0 saturated carbocycles. The van der Waals surface area contributed by atoms with Crippen LogP contribution >= 0.6 is 0 Å². The van der Waals surface area contributed by atoms with E-state index in [1.165, 1.54) is 0 Å². The minimum Gasteiger partial charge on any atom is -0.289 e. The zero-order valence-corrected chi connectivity index (χ0v) is 8.73. The highest BCUT2D eigenvalue weighted by Crippen LogP contribution is 2.13. The van der Waals surface area contributed by atoms with Crippen LogP contribution in [0.4, 0.5) is 5.82 Å². The van der Waals surface area contributed by atoms with Crippen molar-refractivity contribution in [2.45, 2.75) is 6.92 Å². The average Bonchev–Trinajstić information content (AvgIpc) is 2.68. The molecule has 0 radical (unpaired) electrons. The molecular formula is C11H11N4O+. The van der Waals surface area contributed by atoms with Gasteiger partial charge < -0.3 is 0 Å². The molecule has 0 aromatic carbocycles. The van der Waals surface area contributed by atoms with Crippen LogP contribution in [0.2, 0.25) is 0 Å². The Labute approximate surface area is 91.3 Å². The number of aryl methyl sites for hydroxylation is 1. The van der Waals surface area contributed by atoms with Crippen molar-refractivity contribution in [3.63, 3.8) is 0 Å². The second-order valence-corrected chi connectivity index (χ2v) is 3.71. The van der Waals surface area contributed by atoms with Gasteiger partial charge in [-0.2, -0.15) is 4.40 Å². The number of nitrogens with zero attached hydrogens (tertiary/aromatic N) is 2. The van der Waals surface area contributed by atoms with E-state index in [0.717, 1.165) is 22.4 Å². The van der Waals surface area contributed by atoms with E-state index < -0.39 is 0 Å². The molecule has 0 aliphatic rings. The van der Waals surface area contributed by atoms with Gasteiger partial charge in [0, 0.05) is 11.6 Å². The summed E-state index contributed by atoms with van der Waals surface area (Å²) < 4.78 is 1.96. The number of aromatic nitrogens is 3. The topological polar surface area (TPSA) is 65.0 Å². The third-order valence-electron chi connectivity index (χ3n) is 2.67. The summed E-state index contributed by atoms with van der Waals surface area (Å²) in [5, 5.41) is 8.83. The van der Waals surface area contributed by atoms with Crippen molar-refractivity contribution in [1.82, 2.24) is 9.97 Å². The first-order valence-corrected chi connectivity index (χ1v) is 4.99. The van der Waals surface area contributed by atoms with Crippen LogP contribution < -0.4 is 9.88 Å². The summed E-state index contributed by atoms with van der Waals surface area (Å²) in [6.07, 6.45) is 1.94. The number of rotatable bonds is 1. The lowest BCUT2D eigenvalue weighted by Gasteiger charge is -1.92. The number of pyridine rings is 2. The Morgan fingerprint density at radius 2 is 2.25 bits per heavy atom. The van der Waals surface area contributed by atoms with Gasteiger partial charge in [-0.15, -0.1) is 0 Å². The fourth-order valence-electron chi connectivity index (χ4n) is 1.87. The largest absolute Gasteiger partial charge is 0.308 e. The number of hydrogen-bond donors (Lipinski definition) is 3. The molecule has 0 atom stereocenters. The highest BCUT2D eigenvalue weighted by molar-refractivity contribution is 5.73. The second-order valence-electron chi connectivity index (χ2n) is 3.71. The number of fused-ring (bicyclic) bond motifs is 3. The zero-order valence-electron chi connectivity index (χ0n) is 8.73. The molecule has 0 unspecified atom stereocenters. The van der Waals surface area contributed by atoms with Crippen LogP contribution in [0.5, 0.6) is 0 Å². The quantitative estimate of drug-likeness (QED) is 0.425. The molecule has 5 nitrogen and oxygen atoms in total. The van der Waals surface area contributed by atoms with Gasteiger partial charge in [0.1, 0.15) is 0 Å². The third-order valence-corrected chi connectivity index (χ3v) is 2.67. The number of anilines is 1. The van der Waals surface area contributed by atoms with Crippen LogP contribution in [0.3, 0.4) is 0 Å². The molecule has 0 aliphatic carbocycles. The van der Waals surface area contributed by atoms with Gasteiger partial charge in [-0.3, -0.25) is 10.2 Å². The van der Waals surface area contributed by atoms with Gasteiger partial charge in [-0.05, 0) is 25.1 Å². The molecule has 3 N–H and O–H groups in total. The normalized spacial score (nSPS) is 11.1. The maximum absolute atomic E-state index is 8.83. The fraction of sp³-hybridized carbons (Fsp3) is 0.0909. The van der Waals surface area contributed by atoms with Crippen LogP contribution in [0.1, 0.15) is 5.56 Å². The zero-order chi connectivity index (χ0) is 11.1. The summed E-state index contributed by atoms with van der Waals surface area (Å²) in [6.45, 7) is 2.04. The summed E-state index contributed by atoms with van der Waals surface area (Å²) in [7, 11) is 0. The standard InChI is InChI=1S/C11H10N4O/c1-7-3-2-6-15-10(7)12-8-4-5-9(14-16)13-11(8)15/h2-6H,1H3,(H2,13,14,16)/p+1. The van der Waals surface area contributed by atoms with Crippen LogP contribution in [0.15, 0.2) is 30.5 Å². The molecular weight excluding hydrogens is 204 g/mol. The van der Waals surface area contributed by atoms with Gasteiger partial charge in [0.05, 0.1) is 6.20 Å². The highest BCUT2D eigenvalue weighted by atomic mass is 16.5. The number of aromatic amines is 1. The Kier molecular flexibility index (Phi) is 1.81. The van der Waals surface area contributed by atoms with Crippen molar-refractivity contribution in [1.29, 1.82) is 0 Å². The van der Waals surface area contributed by atoms with E-state index in [4.69, 9.17) is 5.21 Å². The summed E-state index contributed by atoms with van der Waals surface area (Å²) in [4.78, 5) is 7.58. The Bertz CT molecular complexity index is 674. The van der Waals surface area contributed by atoms with Crippen molar-refractivity contribution >= 4 is 22.6 Å². The van der Waals surface area contributed by atoms with E-state index in [-0.39, 0.29) is 0 Å². The van der Waals surface area contributed by atoms with Crippen molar-refractivity contribution in [2.75, 3.05) is 5.48 Å². The maximum Gasteiger partial charge on any atom is 0.308 e. The van der Waals surface area contributed by atoms with Gasteiger partial charge in [0.25, 0.3) is 0 Å². The summed E-state index contributed by atoms with van der Waals surface area (Å²) in [6, 6.07) is 7.60. The Hall–Kier alpha value is -2.14. The summed E-state index contributed by atoms with van der Waals surface area (Å²) in [5.74, 6) is 0.433. The molecule has 0 saturated heterocycles. The molecule has 3 aromatic rings. The average molecular weight is 215 g/mol. The number of H-pyrrole nitrogens is 1. The summed E-state index contributed by atoms with van der Waals surface area (Å²) in [5.41, 5.74) is 5.94. The Morgan fingerprint density at radius 1 is 1.38 bits per heavy atom. The maximum atomic E-state index is 8.83. The molecule has 0 amide bonds. The minimum absolute atomic E-state index is 0.433. The molecule has 3 heterocycles. The van der Waals surface area contributed by atoms with Gasteiger partial charge in [0.2, 0.25) is 11.5 Å². The fourth-order valence-corrected chi connectivity index (χ4v) is 1.87. The first-order valence-electron chi connectivity index (χ1n) is 4.99. The highest BCUT2D eigenvalue weighted by Gasteiger charge is 2.14. The van der Waals surface area contributed by atoms with E-state index in [1.54, 1.807) is 6.07 Å². The van der Waals surface area contributed by atoms with Crippen LogP contribution in [-0.4, -0.2) is 15.2 Å². The number of imidazole rings is 1. The lowest BCUT2D eigenvalue weighted by atomic mass is 10.3. The van der Waals surface area contributed by atoms with E-state index in [0.29, 0.717) is 5.82 Å². The van der Waals surface area contributed by atoms with E-state index >= 15 is 0 Å². The predicted molar refractivity (Wildman–Crippen MR) is 59.4 cm³/mol. The molecule has 3 rings (SSSR count). The monoisotopic (exact) mass is 215 g/mol. The number of nitrogens with one attached hydrogen (secondary N) is 2. The Morgan fingerprint density at radius 3 is 3.06 bits per heavy atom. The summed E-state index contributed by atoms with van der Waals surface area (Å²) >= 11 is 0. The van der Waals surface area contributed by atoms with Gasteiger partial charge in [-0.1, -0.05) is 4.98 Å². The van der Waals surface area contributed by atoms with Gasteiger partial charge >= 0.3 is 5.65 Å². The van der Waals surface area contributed by atoms with Crippen LogP contribution in [-0.2, 0) is 0 Å². The van der Waals surface area contributed by atoms with E-state index in [1.807, 2.05) is 41.2 Å². The lowest BCUT2D eigenvalue weighted by Crippen LogP contribution is -2.20. The first kappa shape index (κ1) is 9.11. The molecule has 0 spiro atoms. The molecule has 0 bridgehead atoms. The molecule has 3 aromatic heterocycles. The minimum atomic E-state index is 0.433. The molecule has 5 heteroatoms. The Balaban J connectivity index is 2.47. The first-order chi connectivity index (χ1) is 7.79. The second kappa shape index (κ2) is 3.18. The van der Waals surface area contributed by atoms with Crippen LogP contribution in [0.25, 0.3) is 16.8 Å². The van der Waals surface area contributed by atoms with E-state index in [2.05, 4.69) is 9.97 Å². The smallest absolute Gasteiger partial charge is 0.289 e. The van der Waals surface area contributed by atoms with Crippen LogP contribution in [0, 0.1) is 6.92 Å². The predicted octanol–water partition coefficient (Wildman–Crippen LogP) is 1.41. The van der Waals surface area contributed by atoms with Crippen molar-refractivity contribution < 1.29 is 9.61 Å². The molecule has 0 aliphatic heterocycles. The van der Waals surface area contributed by atoms with Crippen molar-refractivity contribution in [3.8, 4) is 0 Å². The molecule has 80 valence electrons. The SMILES string of the molecule is Cc1ccc[n+]2c1[nH]c1ccc(NO)nc12. The van der Waals surface area contributed by atoms with Gasteiger partial charge in [-0.25, -0.2) is 5.48 Å².